The fourth-order valence-corrected chi connectivity index (χ4v) is 1.70. The van der Waals surface area contributed by atoms with Gasteiger partial charge >= 0.3 is 0 Å². The zero-order valence-corrected chi connectivity index (χ0v) is 16.0. The van der Waals surface area contributed by atoms with Crippen LogP contribution in [-0.2, 0) is 37.5 Å². The topological polar surface area (TPSA) is 84.6 Å². The standard InChI is InChI=1S/C17H19N2O3.Y/c1-12-3-7-14(8-4-12)19-16(20)17(2,21)11-22-15-9-5-13(18)6-10-15;/h3,5-10,21H,11,18H2,1-2H3,(H,19,20);/q-1;/t17-;/m0./s1. The van der Waals surface area contributed by atoms with Gasteiger partial charge in [0.25, 0.3) is 0 Å². The van der Waals surface area contributed by atoms with Crippen LogP contribution in [-0.4, -0.2) is 23.2 Å². The van der Waals surface area contributed by atoms with E-state index in [2.05, 4.69) is 11.4 Å². The molecular weight excluding hydrogens is 369 g/mol. The fraction of sp³-hybridized carbons (Fsp3) is 0.235. The zero-order chi connectivity index (χ0) is 16.2. The molecule has 1 amide bonds. The summed E-state index contributed by atoms with van der Waals surface area (Å²) in [6, 6.07) is 14.9. The number of nitrogens with one attached hydrogen (secondary N) is 1. The van der Waals surface area contributed by atoms with Crippen molar-refractivity contribution in [3.05, 3.63) is 54.1 Å². The molecule has 0 unspecified atom stereocenters. The van der Waals surface area contributed by atoms with Crippen molar-refractivity contribution >= 4 is 17.3 Å². The van der Waals surface area contributed by atoms with E-state index in [1.807, 2.05) is 13.0 Å². The van der Waals surface area contributed by atoms with Crippen LogP contribution in [0.4, 0.5) is 11.4 Å². The summed E-state index contributed by atoms with van der Waals surface area (Å²) in [4.78, 5) is 12.1. The van der Waals surface area contributed by atoms with Crippen LogP contribution in [0.25, 0.3) is 0 Å². The number of anilines is 2. The maximum atomic E-state index is 12.1. The maximum absolute atomic E-state index is 12.1. The van der Waals surface area contributed by atoms with Gasteiger partial charge in [-0.25, -0.2) is 0 Å². The molecule has 0 saturated heterocycles. The zero-order valence-electron chi connectivity index (χ0n) is 13.2. The summed E-state index contributed by atoms with van der Waals surface area (Å²) >= 11 is 0. The molecule has 0 saturated carbocycles. The second-order valence-corrected chi connectivity index (χ2v) is 5.35. The van der Waals surface area contributed by atoms with Gasteiger partial charge in [0.15, 0.2) is 5.60 Å². The van der Waals surface area contributed by atoms with Gasteiger partial charge < -0.3 is 20.9 Å². The Hall–Kier alpha value is -1.43. The molecule has 5 nitrogen and oxygen atoms in total. The average Bonchev–Trinajstić information content (AvgIpc) is 2.49. The first-order valence-electron chi connectivity index (χ1n) is 6.87. The van der Waals surface area contributed by atoms with E-state index in [1.165, 1.54) is 6.92 Å². The van der Waals surface area contributed by atoms with Crippen molar-refractivity contribution in [1.82, 2.24) is 0 Å². The molecule has 119 valence electrons. The number of aryl methyl sites for hydroxylation is 1. The first-order valence-corrected chi connectivity index (χ1v) is 6.87. The molecule has 0 heterocycles. The molecule has 0 fully saturated rings. The van der Waals surface area contributed by atoms with Gasteiger partial charge in [-0.3, -0.25) is 4.79 Å². The van der Waals surface area contributed by atoms with Crippen LogP contribution in [0.1, 0.15) is 12.5 Å². The fourth-order valence-electron chi connectivity index (χ4n) is 1.70. The second-order valence-electron chi connectivity index (χ2n) is 5.35. The Morgan fingerprint density at radius 1 is 1.30 bits per heavy atom. The number of carbonyl (C=O) groups is 1. The number of nitrogens with two attached hydrogens (primary N) is 1. The predicted octanol–water partition coefficient (Wildman–Crippen LogP) is 2.14. The number of carbonyl (C=O) groups excluding carboxylic acids is 1. The molecule has 2 aromatic carbocycles. The minimum absolute atomic E-state index is 0. The maximum Gasteiger partial charge on any atom is 0.248 e. The van der Waals surface area contributed by atoms with Crippen molar-refractivity contribution in [2.24, 2.45) is 0 Å². The number of rotatable bonds is 5. The molecule has 23 heavy (non-hydrogen) atoms. The smallest absolute Gasteiger partial charge is 0.248 e. The van der Waals surface area contributed by atoms with E-state index < -0.39 is 11.5 Å². The van der Waals surface area contributed by atoms with Gasteiger partial charge in [0, 0.05) is 38.4 Å². The van der Waals surface area contributed by atoms with Gasteiger partial charge in [-0.15, -0.1) is 6.07 Å². The van der Waals surface area contributed by atoms with Crippen molar-refractivity contribution in [3.63, 3.8) is 0 Å². The quantitative estimate of drug-likeness (QED) is 0.541. The third-order valence-electron chi connectivity index (χ3n) is 3.12. The Labute approximate surface area is 161 Å². The molecular formula is C17H19N2O3Y-. The van der Waals surface area contributed by atoms with E-state index >= 15 is 0 Å². The van der Waals surface area contributed by atoms with Crippen LogP contribution in [0.5, 0.6) is 5.75 Å². The van der Waals surface area contributed by atoms with E-state index in [4.69, 9.17) is 10.5 Å². The number of ether oxygens (including phenoxy) is 1. The number of aliphatic hydroxyl groups is 1. The number of nitrogen functional groups attached to an aromatic ring is 1. The number of hydrogen-bond acceptors (Lipinski definition) is 4. The second kappa shape index (κ2) is 8.43. The predicted molar refractivity (Wildman–Crippen MR) is 85.6 cm³/mol. The summed E-state index contributed by atoms with van der Waals surface area (Å²) in [5.41, 5.74) is 6.08. The molecule has 6 heteroatoms. The summed E-state index contributed by atoms with van der Waals surface area (Å²) in [6.45, 7) is 3.14. The van der Waals surface area contributed by atoms with E-state index in [-0.39, 0.29) is 39.3 Å². The monoisotopic (exact) mass is 388 g/mol. The van der Waals surface area contributed by atoms with Crippen LogP contribution in [0.15, 0.2) is 42.5 Å². The molecule has 2 aromatic rings. The van der Waals surface area contributed by atoms with Crippen molar-refractivity contribution in [2.45, 2.75) is 19.4 Å². The van der Waals surface area contributed by atoms with Gasteiger partial charge in [0.1, 0.15) is 12.4 Å². The van der Waals surface area contributed by atoms with Gasteiger partial charge in [-0.05, 0) is 31.2 Å². The summed E-state index contributed by atoms with van der Waals surface area (Å²) < 4.78 is 5.43. The van der Waals surface area contributed by atoms with Gasteiger partial charge in [0.2, 0.25) is 5.91 Å². The summed E-state index contributed by atoms with van der Waals surface area (Å²) in [5, 5.41) is 12.9. The van der Waals surface area contributed by atoms with Crippen molar-refractivity contribution in [1.29, 1.82) is 0 Å². The van der Waals surface area contributed by atoms with Crippen molar-refractivity contribution in [2.75, 3.05) is 17.7 Å². The first-order chi connectivity index (χ1) is 10.4. The van der Waals surface area contributed by atoms with E-state index in [0.29, 0.717) is 17.1 Å². The minimum atomic E-state index is -1.66. The number of amides is 1. The Bertz CT molecular complexity index is 640. The van der Waals surface area contributed by atoms with Gasteiger partial charge in [-0.2, -0.15) is 23.8 Å². The molecule has 0 spiro atoms. The van der Waals surface area contributed by atoms with Crippen LogP contribution in [0.3, 0.4) is 0 Å². The molecule has 2 rings (SSSR count). The SMILES string of the molecule is Cc1[c-]cc(NC(=O)[C@@](C)(O)COc2ccc(N)cc2)cc1.[Y]. The molecule has 1 atom stereocenters. The van der Waals surface area contributed by atoms with Crippen LogP contribution in [0, 0.1) is 13.0 Å². The Balaban J connectivity index is 0.00000264. The number of benzene rings is 2. The summed E-state index contributed by atoms with van der Waals surface area (Å²) in [7, 11) is 0. The molecule has 1 radical (unpaired) electrons. The van der Waals surface area contributed by atoms with E-state index in [0.717, 1.165) is 5.56 Å². The molecule has 0 bridgehead atoms. The molecule has 0 aliphatic rings. The normalized spacial score (nSPS) is 12.7. The molecule has 0 aliphatic heterocycles. The Morgan fingerprint density at radius 2 is 1.96 bits per heavy atom. The average molecular weight is 388 g/mol. The van der Waals surface area contributed by atoms with Crippen LogP contribution >= 0.6 is 0 Å². The van der Waals surface area contributed by atoms with Crippen molar-refractivity contribution in [3.8, 4) is 5.75 Å². The number of hydrogen-bond donors (Lipinski definition) is 3. The van der Waals surface area contributed by atoms with Gasteiger partial charge in [0.05, 0.1) is 0 Å². The summed E-state index contributed by atoms with van der Waals surface area (Å²) in [6.07, 6.45) is 0. The summed E-state index contributed by atoms with van der Waals surface area (Å²) in [5.74, 6) is -0.00820. The first kappa shape index (κ1) is 19.6. The van der Waals surface area contributed by atoms with Gasteiger partial charge in [-0.1, -0.05) is 12.6 Å². The van der Waals surface area contributed by atoms with Crippen LogP contribution in [0.2, 0.25) is 0 Å². The Morgan fingerprint density at radius 3 is 2.52 bits per heavy atom. The largest absolute Gasteiger partial charge is 0.490 e. The Kier molecular flexibility index (Phi) is 7.19. The third-order valence-corrected chi connectivity index (χ3v) is 3.12. The molecule has 4 N–H and O–H groups in total. The molecule has 0 aromatic heterocycles. The third kappa shape index (κ3) is 5.94. The molecule has 0 aliphatic carbocycles. The van der Waals surface area contributed by atoms with Crippen LogP contribution < -0.4 is 15.8 Å². The van der Waals surface area contributed by atoms with E-state index in [9.17, 15) is 9.90 Å². The minimum Gasteiger partial charge on any atom is -0.490 e. The van der Waals surface area contributed by atoms with Crippen molar-refractivity contribution < 1.29 is 47.3 Å². The van der Waals surface area contributed by atoms with E-state index in [1.54, 1.807) is 36.4 Å².